The fourth-order valence-electron chi connectivity index (χ4n) is 1.76. The van der Waals surface area contributed by atoms with Crippen molar-refractivity contribution in [1.29, 1.82) is 0 Å². The summed E-state index contributed by atoms with van der Waals surface area (Å²) in [4.78, 5) is 11.7. The van der Waals surface area contributed by atoms with Gasteiger partial charge in [-0.2, -0.15) is 13.2 Å². The lowest BCUT2D eigenvalue weighted by atomic mass is 10.1. The van der Waals surface area contributed by atoms with Gasteiger partial charge in [-0.05, 0) is 17.7 Å². The van der Waals surface area contributed by atoms with Crippen molar-refractivity contribution >= 4 is 21.8 Å². The lowest BCUT2D eigenvalue weighted by Crippen LogP contribution is -2.37. The Morgan fingerprint density at radius 3 is 2.41 bits per heavy atom. The lowest BCUT2D eigenvalue weighted by Gasteiger charge is -2.16. The Labute approximate surface area is 103 Å². The number of fused-ring (bicyclic) bond motifs is 1. The highest BCUT2D eigenvalue weighted by Gasteiger charge is 2.44. The van der Waals surface area contributed by atoms with Crippen molar-refractivity contribution in [2.75, 3.05) is 0 Å². The van der Waals surface area contributed by atoms with Crippen LogP contribution in [0.25, 0.3) is 0 Å². The first-order valence-corrected chi connectivity index (χ1v) is 5.45. The van der Waals surface area contributed by atoms with E-state index in [9.17, 15) is 23.1 Å². The van der Waals surface area contributed by atoms with Gasteiger partial charge in [0.15, 0.2) is 0 Å². The smallest absolute Gasteiger partial charge is 0.471 e. The van der Waals surface area contributed by atoms with Crippen LogP contribution < -0.4 is 0 Å². The van der Waals surface area contributed by atoms with E-state index in [0.717, 1.165) is 0 Å². The quantitative estimate of drug-likeness (QED) is 0.800. The Morgan fingerprint density at radius 1 is 1.29 bits per heavy atom. The molecule has 0 unspecified atom stereocenters. The predicted octanol–water partition coefficient (Wildman–Crippen LogP) is 2.56. The van der Waals surface area contributed by atoms with Crippen LogP contribution >= 0.6 is 15.9 Å². The van der Waals surface area contributed by atoms with E-state index < -0.39 is 12.1 Å². The van der Waals surface area contributed by atoms with Gasteiger partial charge in [0.2, 0.25) is 0 Å². The Kier molecular flexibility index (Phi) is 2.81. The molecule has 0 saturated heterocycles. The van der Waals surface area contributed by atoms with Crippen molar-refractivity contribution in [2.24, 2.45) is 0 Å². The molecule has 0 atom stereocenters. The van der Waals surface area contributed by atoms with Crippen LogP contribution in [0.4, 0.5) is 13.2 Å². The number of aromatic hydroxyl groups is 1. The van der Waals surface area contributed by atoms with Gasteiger partial charge in [-0.3, -0.25) is 4.79 Å². The van der Waals surface area contributed by atoms with E-state index in [1.165, 1.54) is 12.1 Å². The molecule has 0 saturated carbocycles. The Bertz CT molecular complexity index is 456. The number of phenols is 1. The van der Waals surface area contributed by atoms with Crippen molar-refractivity contribution in [2.45, 2.75) is 19.3 Å². The monoisotopic (exact) mass is 309 g/mol. The predicted molar refractivity (Wildman–Crippen MR) is 56.1 cm³/mol. The van der Waals surface area contributed by atoms with Crippen LogP contribution in [0.1, 0.15) is 11.1 Å². The van der Waals surface area contributed by atoms with Crippen LogP contribution in [-0.4, -0.2) is 22.1 Å². The summed E-state index contributed by atoms with van der Waals surface area (Å²) in [5.74, 6) is -1.99. The molecule has 7 heteroatoms. The highest BCUT2D eigenvalue weighted by atomic mass is 79.9. The molecule has 1 amide bonds. The summed E-state index contributed by atoms with van der Waals surface area (Å²) in [7, 11) is 0. The topological polar surface area (TPSA) is 40.5 Å². The van der Waals surface area contributed by atoms with Gasteiger partial charge in [0.1, 0.15) is 5.75 Å². The number of rotatable bonds is 0. The second-order valence-corrected chi connectivity index (χ2v) is 4.54. The molecule has 1 aromatic rings. The second-order valence-electron chi connectivity index (χ2n) is 3.68. The van der Waals surface area contributed by atoms with Gasteiger partial charge in [0.05, 0.1) is 6.54 Å². The van der Waals surface area contributed by atoms with Crippen molar-refractivity contribution < 1.29 is 23.1 Å². The molecule has 0 spiro atoms. The van der Waals surface area contributed by atoms with Gasteiger partial charge in [0, 0.05) is 16.6 Å². The normalized spacial score (nSPS) is 14.9. The molecular formula is C10H7BrF3NO2. The van der Waals surface area contributed by atoms with Crippen molar-refractivity contribution in [3.05, 3.63) is 27.7 Å². The van der Waals surface area contributed by atoms with Crippen LogP contribution in [0.15, 0.2) is 16.6 Å². The van der Waals surface area contributed by atoms with Crippen molar-refractivity contribution in [3.63, 3.8) is 0 Å². The summed E-state index contributed by atoms with van der Waals surface area (Å²) in [5.41, 5.74) is 0.875. The Morgan fingerprint density at radius 2 is 1.88 bits per heavy atom. The molecular weight excluding hydrogens is 303 g/mol. The van der Waals surface area contributed by atoms with E-state index in [1.807, 2.05) is 0 Å². The third kappa shape index (κ3) is 2.11. The molecule has 3 nitrogen and oxygen atoms in total. The van der Waals surface area contributed by atoms with Gasteiger partial charge in [0.25, 0.3) is 0 Å². The summed E-state index contributed by atoms with van der Waals surface area (Å²) in [6, 6.07) is 2.92. The first kappa shape index (κ1) is 12.2. The van der Waals surface area contributed by atoms with Gasteiger partial charge in [-0.1, -0.05) is 15.9 Å². The Hall–Kier alpha value is -1.24. The third-order valence-corrected chi connectivity index (χ3v) is 3.32. The summed E-state index contributed by atoms with van der Waals surface area (Å²) in [6.07, 6.45) is -4.88. The molecule has 0 fully saturated rings. The number of carbonyl (C=O) groups is 1. The first-order chi connectivity index (χ1) is 7.80. The highest BCUT2D eigenvalue weighted by Crippen LogP contribution is 2.36. The van der Waals surface area contributed by atoms with E-state index >= 15 is 0 Å². The zero-order valence-corrected chi connectivity index (χ0v) is 9.97. The number of phenolic OH excluding ortho intramolecular Hbond substituents is 1. The van der Waals surface area contributed by atoms with Crippen molar-refractivity contribution in [3.8, 4) is 5.75 Å². The average molecular weight is 310 g/mol. The van der Waals surface area contributed by atoms with E-state index in [-0.39, 0.29) is 18.8 Å². The maximum Gasteiger partial charge on any atom is 0.471 e. The summed E-state index contributed by atoms with van der Waals surface area (Å²) in [5, 5.41) is 9.52. The largest absolute Gasteiger partial charge is 0.508 e. The first-order valence-electron chi connectivity index (χ1n) is 4.66. The minimum atomic E-state index is -4.88. The summed E-state index contributed by atoms with van der Waals surface area (Å²) < 4.78 is 37.4. The maximum absolute atomic E-state index is 12.3. The number of hydrogen-bond acceptors (Lipinski definition) is 2. The standard InChI is InChI=1S/C10H7BrF3NO2/c11-7-1-2-8(16)6-4-15(3-5(6)7)9(17)10(12,13)14/h1-2,16H,3-4H2. The zero-order chi connectivity index (χ0) is 12.8. The van der Waals surface area contributed by atoms with E-state index in [0.29, 0.717) is 20.5 Å². The molecule has 2 rings (SSSR count). The van der Waals surface area contributed by atoms with E-state index in [1.54, 1.807) is 0 Å². The maximum atomic E-state index is 12.3. The molecule has 17 heavy (non-hydrogen) atoms. The fraction of sp³-hybridized carbons (Fsp3) is 0.300. The van der Waals surface area contributed by atoms with Gasteiger partial charge >= 0.3 is 12.1 Å². The van der Waals surface area contributed by atoms with Gasteiger partial charge in [-0.15, -0.1) is 0 Å². The van der Waals surface area contributed by atoms with Crippen LogP contribution in [0.2, 0.25) is 0 Å². The summed E-state index contributed by atoms with van der Waals surface area (Å²) >= 11 is 3.18. The van der Waals surface area contributed by atoms with Gasteiger partial charge in [-0.25, -0.2) is 0 Å². The minimum Gasteiger partial charge on any atom is -0.508 e. The number of benzene rings is 1. The number of amides is 1. The lowest BCUT2D eigenvalue weighted by molar-refractivity contribution is -0.186. The SMILES string of the molecule is O=C(N1Cc2c(O)ccc(Br)c2C1)C(F)(F)F. The third-order valence-electron chi connectivity index (χ3n) is 2.58. The number of alkyl halides is 3. The molecule has 1 aliphatic rings. The number of carbonyl (C=O) groups excluding carboxylic acids is 1. The molecule has 0 radical (unpaired) electrons. The van der Waals surface area contributed by atoms with Crippen molar-refractivity contribution in [1.82, 2.24) is 4.90 Å². The number of hydrogen-bond donors (Lipinski definition) is 1. The molecule has 0 aromatic heterocycles. The molecule has 1 N–H and O–H groups in total. The number of halogens is 4. The van der Waals surface area contributed by atoms with Gasteiger partial charge < -0.3 is 10.0 Å². The highest BCUT2D eigenvalue weighted by molar-refractivity contribution is 9.10. The molecule has 0 aliphatic carbocycles. The molecule has 92 valence electrons. The van der Waals surface area contributed by atoms with Crippen LogP contribution in [0.5, 0.6) is 5.75 Å². The van der Waals surface area contributed by atoms with E-state index in [2.05, 4.69) is 15.9 Å². The van der Waals surface area contributed by atoms with E-state index in [4.69, 9.17) is 0 Å². The summed E-state index contributed by atoms with van der Waals surface area (Å²) in [6.45, 7) is -0.373. The Balaban J connectivity index is 2.31. The molecule has 1 aliphatic heterocycles. The molecule has 1 heterocycles. The van der Waals surface area contributed by atoms with Crippen LogP contribution in [0.3, 0.4) is 0 Å². The minimum absolute atomic E-state index is 0.0966. The van der Waals surface area contributed by atoms with Crippen LogP contribution in [0, 0.1) is 0 Å². The average Bonchev–Trinajstić information content (AvgIpc) is 2.67. The fourth-order valence-corrected chi connectivity index (χ4v) is 2.26. The zero-order valence-electron chi connectivity index (χ0n) is 8.38. The molecule has 1 aromatic carbocycles. The number of nitrogens with zero attached hydrogens (tertiary/aromatic N) is 1. The van der Waals surface area contributed by atoms with Crippen LogP contribution in [-0.2, 0) is 17.9 Å². The second kappa shape index (κ2) is 3.90. The molecule has 0 bridgehead atoms.